The molecule has 4 rings (SSSR count). The van der Waals surface area contributed by atoms with Gasteiger partial charge in [0.1, 0.15) is 12.7 Å². The second-order valence-electron chi connectivity index (χ2n) is 18.0. The number of benzene rings is 3. The van der Waals surface area contributed by atoms with Gasteiger partial charge >= 0.3 is 6.09 Å². The quantitative estimate of drug-likeness (QED) is 0.0738. The summed E-state index contributed by atoms with van der Waals surface area (Å²) in [4.78, 5) is 43.3. The van der Waals surface area contributed by atoms with Crippen LogP contribution in [-0.4, -0.2) is 69.8 Å². The Hall–Kier alpha value is -3.61. The molecule has 1 N–H and O–H groups in total. The van der Waals surface area contributed by atoms with Gasteiger partial charge in [-0.1, -0.05) is 157 Å². The molecule has 1 aliphatic heterocycles. The fraction of sp³-hybridized carbons (Fsp3) is 0.500. The minimum absolute atomic E-state index is 0.0276. The van der Waals surface area contributed by atoms with Gasteiger partial charge in [0.2, 0.25) is 0 Å². The molecule has 1 heterocycles. The van der Waals surface area contributed by atoms with Crippen LogP contribution in [0, 0.1) is 5.92 Å². The molecule has 57 heavy (non-hydrogen) atoms. The molecule has 1 fully saturated rings. The van der Waals surface area contributed by atoms with E-state index in [0.29, 0.717) is 25.9 Å². The van der Waals surface area contributed by atoms with Crippen molar-refractivity contribution in [1.82, 2.24) is 4.90 Å². The van der Waals surface area contributed by atoms with Crippen molar-refractivity contribution in [3.05, 3.63) is 120 Å². The van der Waals surface area contributed by atoms with Crippen molar-refractivity contribution in [3.8, 4) is 0 Å². The number of carbonyl (C=O) groups is 2. The van der Waals surface area contributed by atoms with E-state index in [1.807, 2.05) is 91.0 Å². The number of hydrogen-bond donors (Lipinski definition) is 1. The third-order valence-electron chi connectivity index (χ3n) is 12.5. The van der Waals surface area contributed by atoms with Crippen molar-refractivity contribution in [1.29, 1.82) is 0 Å². The molecule has 0 aliphatic carbocycles. The molecule has 0 radical (unpaired) electrons. The molecule has 3 aromatic rings. The Morgan fingerprint density at radius 2 is 1.46 bits per heavy atom. The van der Waals surface area contributed by atoms with Gasteiger partial charge in [-0.25, -0.2) is 9.69 Å². The SMILES string of the molecule is C/C=C(/C)[C@@H](C/C=C(\C)[C@@H](CC(C)(C)[Si](O)(c1ccccc1)c1ccccc1)[C@H](OCCCC)C(=O)N1C(=O)OC[C@@H]1Cc1ccccc1)O[Si](C)(C)C(C)(C)C. The molecule has 0 spiro atoms. The maximum absolute atomic E-state index is 15.2. The number of nitrogens with zero attached hydrogens (tertiary/aromatic N) is 1. The molecular weight excluding hydrogens is 743 g/mol. The zero-order valence-electron chi connectivity index (χ0n) is 36.5. The molecule has 3 aromatic carbocycles. The van der Waals surface area contributed by atoms with Crippen molar-refractivity contribution in [3.63, 3.8) is 0 Å². The smallest absolute Gasteiger partial charge is 0.417 e. The molecule has 0 aromatic heterocycles. The Balaban J connectivity index is 1.87. The average Bonchev–Trinajstić information content (AvgIpc) is 3.55. The first-order chi connectivity index (χ1) is 26.9. The lowest BCUT2D eigenvalue weighted by Gasteiger charge is -2.44. The van der Waals surface area contributed by atoms with Gasteiger partial charge in [-0.15, -0.1) is 0 Å². The number of imide groups is 1. The van der Waals surface area contributed by atoms with E-state index in [4.69, 9.17) is 13.9 Å². The average molecular weight is 812 g/mol. The number of carbonyl (C=O) groups excluding carboxylic acids is 2. The standard InChI is InChI=1S/C48H69NO6Si2/c1-12-14-32-53-44(45(50)49-39(35-54-46(49)51)33-38-24-18-15-19-25-38)42(37(4)30-31-43(36(3)13-2)55-56(10,11)47(5,6)7)34-48(8,9)57(52,40-26-20-16-21-27-40)41-28-22-17-23-29-41/h13,15-30,39,42-44,52H,12,14,31-35H2,1-11H3/b36-13-,37-30+/t39-,42+,43+,44-/m0/s1. The number of amides is 2. The van der Waals surface area contributed by atoms with Crippen molar-refractivity contribution in [2.24, 2.45) is 5.92 Å². The van der Waals surface area contributed by atoms with Gasteiger partial charge in [-0.05, 0) is 91.1 Å². The van der Waals surface area contributed by atoms with Crippen LogP contribution in [0.25, 0.3) is 0 Å². The van der Waals surface area contributed by atoms with Gasteiger partial charge in [-0.2, -0.15) is 0 Å². The Bertz CT molecular complexity index is 1760. The summed E-state index contributed by atoms with van der Waals surface area (Å²) in [5, 5.41) is 1.11. The van der Waals surface area contributed by atoms with Gasteiger partial charge in [0.05, 0.1) is 12.1 Å². The lowest BCUT2D eigenvalue weighted by Crippen LogP contribution is -2.66. The second kappa shape index (κ2) is 19.9. The minimum Gasteiger partial charge on any atom is -0.447 e. The molecule has 7 nitrogen and oxygen atoms in total. The third-order valence-corrected chi connectivity index (χ3v) is 21.4. The van der Waals surface area contributed by atoms with Crippen molar-refractivity contribution >= 4 is 39.0 Å². The largest absolute Gasteiger partial charge is 0.447 e. The summed E-state index contributed by atoms with van der Waals surface area (Å²) >= 11 is 0. The molecule has 9 heteroatoms. The topological polar surface area (TPSA) is 85.3 Å². The maximum atomic E-state index is 15.2. The van der Waals surface area contributed by atoms with Crippen LogP contribution >= 0.6 is 0 Å². The number of rotatable bonds is 19. The van der Waals surface area contributed by atoms with E-state index in [0.717, 1.165) is 39.9 Å². The number of hydrogen-bond acceptors (Lipinski definition) is 6. The monoisotopic (exact) mass is 811 g/mol. The normalized spacial score (nSPS) is 17.6. The van der Waals surface area contributed by atoms with E-state index in [9.17, 15) is 9.59 Å². The van der Waals surface area contributed by atoms with E-state index in [-0.39, 0.29) is 17.7 Å². The molecule has 1 aliphatic rings. The van der Waals surface area contributed by atoms with E-state index in [2.05, 4.69) is 87.6 Å². The molecule has 1 saturated heterocycles. The zero-order chi connectivity index (χ0) is 42.0. The number of unbranched alkanes of at least 4 members (excludes halogenated alkanes) is 1. The molecule has 2 amide bonds. The summed E-state index contributed by atoms with van der Waals surface area (Å²) in [5.74, 6) is -0.882. The number of allylic oxidation sites excluding steroid dienone is 1. The lowest BCUT2D eigenvalue weighted by atomic mass is 9.84. The van der Waals surface area contributed by atoms with Crippen LogP contribution < -0.4 is 10.4 Å². The summed E-state index contributed by atoms with van der Waals surface area (Å²) < 4.78 is 19.3. The highest BCUT2D eigenvalue weighted by Gasteiger charge is 2.53. The van der Waals surface area contributed by atoms with Crippen molar-refractivity contribution < 1.29 is 28.3 Å². The van der Waals surface area contributed by atoms with Crippen LogP contribution in [0.4, 0.5) is 4.79 Å². The minimum atomic E-state index is -3.51. The molecule has 310 valence electrons. The highest BCUT2D eigenvalue weighted by molar-refractivity contribution is 6.98. The Morgan fingerprint density at radius 3 is 1.96 bits per heavy atom. The lowest BCUT2D eigenvalue weighted by molar-refractivity contribution is -0.145. The number of cyclic esters (lactones) is 1. The van der Waals surface area contributed by atoms with Crippen LogP contribution in [0.5, 0.6) is 0 Å². The van der Waals surface area contributed by atoms with E-state index in [1.165, 1.54) is 4.90 Å². The first-order valence-corrected chi connectivity index (χ1v) is 25.7. The molecule has 4 atom stereocenters. The van der Waals surface area contributed by atoms with Crippen molar-refractivity contribution in [2.45, 2.75) is 136 Å². The summed E-state index contributed by atoms with van der Waals surface area (Å²) in [6, 6.07) is 29.4. The van der Waals surface area contributed by atoms with Crippen LogP contribution in [-0.2, 0) is 25.1 Å². The van der Waals surface area contributed by atoms with Gasteiger partial charge in [0, 0.05) is 12.5 Å². The molecule has 0 bridgehead atoms. The highest BCUT2D eigenvalue weighted by Crippen LogP contribution is 2.45. The van der Waals surface area contributed by atoms with E-state index < -0.39 is 51.7 Å². The van der Waals surface area contributed by atoms with Crippen LogP contribution in [0.3, 0.4) is 0 Å². The Labute approximate surface area is 345 Å². The fourth-order valence-electron chi connectivity index (χ4n) is 7.62. The third kappa shape index (κ3) is 11.1. The summed E-state index contributed by atoms with van der Waals surface area (Å²) in [6.07, 6.45) is 5.72. The van der Waals surface area contributed by atoms with Gasteiger partial charge < -0.3 is 18.7 Å². The summed E-state index contributed by atoms with van der Waals surface area (Å²) in [6.45, 7) is 24.4. The first-order valence-electron chi connectivity index (χ1n) is 20.8. The Morgan fingerprint density at radius 1 is 0.912 bits per heavy atom. The van der Waals surface area contributed by atoms with Gasteiger partial charge in [-0.3, -0.25) is 4.79 Å². The molecule has 0 saturated carbocycles. The van der Waals surface area contributed by atoms with Crippen molar-refractivity contribution in [2.75, 3.05) is 13.2 Å². The molecule has 0 unspecified atom stereocenters. The van der Waals surface area contributed by atoms with Gasteiger partial charge in [0.25, 0.3) is 14.2 Å². The van der Waals surface area contributed by atoms with Gasteiger partial charge in [0.15, 0.2) is 8.32 Å². The fourth-order valence-corrected chi connectivity index (χ4v) is 12.7. The summed E-state index contributed by atoms with van der Waals surface area (Å²) in [5.41, 5.74) is 3.14. The number of ether oxygens (including phenoxy) is 2. The van der Waals surface area contributed by atoms with Crippen LogP contribution in [0.15, 0.2) is 114 Å². The summed E-state index contributed by atoms with van der Waals surface area (Å²) in [7, 11) is -5.66. The first kappa shape index (κ1) is 46.1. The molecular formula is C48H69NO6Si2. The zero-order valence-corrected chi connectivity index (χ0v) is 38.5. The van der Waals surface area contributed by atoms with E-state index in [1.54, 1.807) is 0 Å². The van der Waals surface area contributed by atoms with E-state index >= 15 is 4.79 Å². The predicted molar refractivity (Wildman–Crippen MR) is 239 cm³/mol. The van der Waals surface area contributed by atoms with Crippen LogP contribution in [0.2, 0.25) is 23.2 Å². The predicted octanol–water partition coefficient (Wildman–Crippen LogP) is 9.99. The Kier molecular flexibility index (Phi) is 16.1. The van der Waals surface area contributed by atoms with Crippen LogP contribution in [0.1, 0.15) is 93.6 Å². The maximum Gasteiger partial charge on any atom is 0.417 e. The highest BCUT2D eigenvalue weighted by atomic mass is 28.4. The second-order valence-corrected chi connectivity index (χ2v) is 26.7.